The maximum absolute atomic E-state index is 12.7. The number of benzene rings is 1. The number of rotatable bonds is 5. The first-order valence-corrected chi connectivity index (χ1v) is 11.6. The van der Waals surface area contributed by atoms with Gasteiger partial charge in [0.05, 0.1) is 23.5 Å². The van der Waals surface area contributed by atoms with Gasteiger partial charge in [-0.1, -0.05) is 36.1 Å². The van der Waals surface area contributed by atoms with Crippen LogP contribution in [0.15, 0.2) is 29.2 Å². The standard InChI is InChI=1S/C18H20N2O5S3/c1-19(13-7-8-28(23,24)11-13)16(21)10-20-17(22)15(27-18(20)26)9-12-3-5-14(25-2)6-4-12/h3-6,9,13H,7-8,10-11H2,1-2H3/b15-9+/t13-/m1/s1. The summed E-state index contributed by atoms with van der Waals surface area (Å²) in [4.78, 5) is 28.4. The molecule has 3 rings (SSSR count). The number of thiocarbonyl (C=S) groups is 1. The van der Waals surface area contributed by atoms with E-state index >= 15 is 0 Å². The summed E-state index contributed by atoms with van der Waals surface area (Å²) < 4.78 is 28.7. The summed E-state index contributed by atoms with van der Waals surface area (Å²) >= 11 is 6.41. The Morgan fingerprint density at radius 2 is 2.07 bits per heavy atom. The summed E-state index contributed by atoms with van der Waals surface area (Å²) in [5, 5.41) is 0. The molecule has 0 saturated carbocycles. The molecule has 0 bridgehead atoms. The molecule has 0 spiro atoms. The van der Waals surface area contributed by atoms with E-state index in [1.807, 2.05) is 12.1 Å². The molecule has 28 heavy (non-hydrogen) atoms. The van der Waals surface area contributed by atoms with E-state index in [2.05, 4.69) is 0 Å². The van der Waals surface area contributed by atoms with Crippen molar-refractivity contribution < 1.29 is 22.7 Å². The summed E-state index contributed by atoms with van der Waals surface area (Å²) in [6.45, 7) is -0.197. The minimum atomic E-state index is -3.09. The van der Waals surface area contributed by atoms with E-state index in [1.54, 1.807) is 32.4 Å². The summed E-state index contributed by atoms with van der Waals surface area (Å²) in [6.07, 6.45) is 2.14. The van der Waals surface area contributed by atoms with Crippen LogP contribution in [0.25, 0.3) is 6.08 Å². The molecule has 10 heteroatoms. The molecule has 7 nitrogen and oxygen atoms in total. The predicted octanol–water partition coefficient (Wildman–Crippen LogP) is 1.54. The van der Waals surface area contributed by atoms with Crippen LogP contribution in [-0.2, 0) is 19.4 Å². The van der Waals surface area contributed by atoms with Gasteiger partial charge in [-0.05, 0) is 30.2 Å². The second-order valence-corrected chi connectivity index (χ2v) is 10.5. The number of likely N-dealkylation sites (N-methyl/N-ethyl adjacent to an activating group) is 1. The molecule has 2 amide bonds. The van der Waals surface area contributed by atoms with Gasteiger partial charge in [0.1, 0.15) is 16.6 Å². The number of carbonyl (C=O) groups is 2. The van der Waals surface area contributed by atoms with Gasteiger partial charge < -0.3 is 9.64 Å². The Morgan fingerprint density at radius 1 is 1.39 bits per heavy atom. The Bertz CT molecular complexity index is 940. The van der Waals surface area contributed by atoms with E-state index in [4.69, 9.17) is 17.0 Å². The zero-order valence-electron chi connectivity index (χ0n) is 15.5. The highest BCUT2D eigenvalue weighted by Crippen LogP contribution is 2.33. The van der Waals surface area contributed by atoms with E-state index in [1.165, 1.54) is 9.80 Å². The highest BCUT2D eigenvalue weighted by atomic mass is 32.2. The molecule has 2 saturated heterocycles. The number of hydrogen-bond acceptors (Lipinski definition) is 7. The highest BCUT2D eigenvalue weighted by Gasteiger charge is 2.37. The van der Waals surface area contributed by atoms with Gasteiger partial charge in [0.15, 0.2) is 9.84 Å². The topological polar surface area (TPSA) is 84.0 Å². The molecule has 0 aliphatic carbocycles. The first-order chi connectivity index (χ1) is 13.2. The normalized spacial score (nSPS) is 22.7. The van der Waals surface area contributed by atoms with E-state index in [9.17, 15) is 18.0 Å². The van der Waals surface area contributed by atoms with Crippen molar-refractivity contribution in [2.45, 2.75) is 12.5 Å². The Kier molecular flexibility index (Phi) is 6.11. The molecular formula is C18H20N2O5S3. The Hall–Kier alpha value is -1.91. The zero-order valence-corrected chi connectivity index (χ0v) is 17.9. The number of methoxy groups -OCH3 is 1. The lowest BCUT2D eigenvalue weighted by molar-refractivity contribution is -0.135. The van der Waals surface area contributed by atoms with Crippen LogP contribution >= 0.6 is 24.0 Å². The average Bonchev–Trinajstić information content (AvgIpc) is 3.15. The number of sulfone groups is 1. The number of nitrogens with zero attached hydrogens (tertiary/aromatic N) is 2. The van der Waals surface area contributed by atoms with Crippen molar-refractivity contribution in [2.24, 2.45) is 0 Å². The Labute approximate surface area is 173 Å². The van der Waals surface area contributed by atoms with Crippen molar-refractivity contribution in [2.75, 3.05) is 32.2 Å². The average molecular weight is 441 g/mol. The van der Waals surface area contributed by atoms with Crippen molar-refractivity contribution in [3.63, 3.8) is 0 Å². The lowest BCUT2D eigenvalue weighted by Gasteiger charge is -2.25. The molecule has 1 aromatic carbocycles. The van der Waals surface area contributed by atoms with E-state index in [0.29, 0.717) is 21.4 Å². The van der Waals surface area contributed by atoms with Gasteiger partial charge in [-0.2, -0.15) is 0 Å². The van der Waals surface area contributed by atoms with Gasteiger partial charge in [0.2, 0.25) is 5.91 Å². The smallest absolute Gasteiger partial charge is 0.266 e. The molecule has 0 radical (unpaired) electrons. The van der Waals surface area contributed by atoms with Crippen LogP contribution in [0, 0.1) is 0 Å². The van der Waals surface area contributed by atoms with Crippen molar-refractivity contribution in [1.82, 2.24) is 9.80 Å². The minimum absolute atomic E-state index is 0.0367. The molecule has 1 atom stereocenters. The van der Waals surface area contributed by atoms with Crippen LogP contribution in [0.3, 0.4) is 0 Å². The first-order valence-electron chi connectivity index (χ1n) is 8.55. The second kappa shape index (κ2) is 8.22. The molecule has 0 unspecified atom stereocenters. The molecule has 2 fully saturated rings. The van der Waals surface area contributed by atoms with Gasteiger partial charge >= 0.3 is 0 Å². The third-order valence-electron chi connectivity index (χ3n) is 4.73. The third-order valence-corrected chi connectivity index (χ3v) is 7.86. The maximum atomic E-state index is 12.7. The van der Waals surface area contributed by atoms with Gasteiger partial charge in [-0.25, -0.2) is 8.42 Å². The summed E-state index contributed by atoms with van der Waals surface area (Å²) in [5.41, 5.74) is 0.820. The zero-order chi connectivity index (χ0) is 20.5. The number of carbonyl (C=O) groups excluding carboxylic acids is 2. The fraction of sp³-hybridized carbons (Fsp3) is 0.389. The Balaban J connectivity index is 1.67. The van der Waals surface area contributed by atoms with Crippen LogP contribution < -0.4 is 4.74 Å². The van der Waals surface area contributed by atoms with Crippen molar-refractivity contribution in [3.05, 3.63) is 34.7 Å². The molecule has 0 N–H and O–H groups in total. The van der Waals surface area contributed by atoms with Crippen LogP contribution in [0.5, 0.6) is 5.75 Å². The van der Waals surface area contributed by atoms with Crippen LogP contribution in [0.2, 0.25) is 0 Å². The molecule has 2 heterocycles. The molecule has 150 valence electrons. The SMILES string of the molecule is COc1ccc(/C=C2/SC(=S)N(CC(=O)N(C)[C@@H]3CCS(=O)(=O)C3)C2=O)cc1. The molecule has 1 aromatic rings. The van der Waals surface area contributed by atoms with E-state index in [-0.39, 0.29) is 35.9 Å². The van der Waals surface area contributed by atoms with E-state index < -0.39 is 9.84 Å². The van der Waals surface area contributed by atoms with Crippen LogP contribution in [0.1, 0.15) is 12.0 Å². The summed E-state index contributed by atoms with van der Waals surface area (Å²) in [7, 11) is 0.0530. The molecule has 0 aromatic heterocycles. The summed E-state index contributed by atoms with van der Waals surface area (Å²) in [6, 6.07) is 6.88. The first kappa shape index (κ1) is 20.8. The number of hydrogen-bond donors (Lipinski definition) is 0. The summed E-state index contributed by atoms with van der Waals surface area (Å²) in [5.74, 6) is 0.106. The van der Waals surface area contributed by atoms with Crippen molar-refractivity contribution in [3.8, 4) is 5.75 Å². The number of amides is 2. The lowest BCUT2D eigenvalue weighted by atomic mass is 10.2. The quantitative estimate of drug-likeness (QED) is 0.507. The largest absolute Gasteiger partial charge is 0.497 e. The van der Waals surface area contributed by atoms with Gasteiger partial charge in [-0.15, -0.1) is 0 Å². The third kappa shape index (κ3) is 4.56. The van der Waals surface area contributed by atoms with Gasteiger partial charge in [0.25, 0.3) is 5.91 Å². The van der Waals surface area contributed by atoms with Crippen molar-refractivity contribution >= 4 is 56.0 Å². The minimum Gasteiger partial charge on any atom is -0.497 e. The monoisotopic (exact) mass is 440 g/mol. The van der Waals surface area contributed by atoms with Gasteiger partial charge in [0, 0.05) is 13.1 Å². The number of ether oxygens (including phenoxy) is 1. The second-order valence-electron chi connectivity index (χ2n) is 6.60. The highest BCUT2D eigenvalue weighted by molar-refractivity contribution is 8.26. The van der Waals surface area contributed by atoms with Gasteiger partial charge in [-0.3, -0.25) is 14.5 Å². The molecule has 2 aliphatic heterocycles. The molecule has 2 aliphatic rings. The fourth-order valence-corrected chi connectivity index (χ4v) is 6.05. The maximum Gasteiger partial charge on any atom is 0.266 e. The van der Waals surface area contributed by atoms with Crippen LogP contribution in [-0.4, -0.2) is 72.6 Å². The van der Waals surface area contributed by atoms with Crippen molar-refractivity contribution in [1.29, 1.82) is 0 Å². The lowest BCUT2D eigenvalue weighted by Crippen LogP contribution is -2.45. The van der Waals surface area contributed by atoms with Crippen LogP contribution in [0.4, 0.5) is 0 Å². The predicted molar refractivity (Wildman–Crippen MR) is 113 cm³/mol. The van der Waals surface area contributed by atoms with E-state index in [0.717, 1.165) is 17.3 Å². The Morgan fingerprint density at radius 3 is 2.64 bits per heavy atom. The number of thioether (sulfide) groups is 1. The molecular weight excluding hydrogens is 420 g/mol. The fourth-order valence-electron chi connectivity index (χ4n) is 3.02.